The number of benzene rings is 2. The summed E-state index contributed by atoms with van der Waals surface area (Å²) < 4.78 is 10.8. The fourth-order valence-electron chi connectivity index (χ4n) is 3.04. The summed E-state index contributed by atoms with van der Waals surface area (Å²) in [6, 6.07) is 12.6. The summed E-state index contributed by atoms with van der Waals surface area (Å²) in [5.74, 6) is 0.956. The van der Waals surface area contributed by atoms with Gasteiger partial charge in [-0.15, -0.1) is 0 Å². The highest BCUT2D eigenvalue weighted by Crippen LogP contribution is 2.35. The van der Waals surface area contributed by atoms with Crippen LogP contribution in [0.3, 0.4) is 0 Å². The lowest BCUT2D eigenvalue weighted by atomic mass is 10.1. The smallest absolute Gasteiger partial charge is 0.233 e. The first-order valence-corrected chi connectivity index (χ1v) is 10.2. The number of rotatable bonds is 4. The van der Waals surface area contributed by atoms with Crippen molar-refractivity contribution < 1.29 is 19.1 Å². The highest BCUT2D eigenvalue weighted by Gasteiger charge is 2.35. The lowest BCUT2D eigenvalue weighted by molar-refractivity contribution is -0.130. The molecule has 29 heavy (non-hydrogen) atoms. The first kappa shape index (κ1) is 19.6. The second-order valence-electron chi connectivity index (χ2n) is 6.47. The van der Waals surface area contributed by atoms with Gasteiger partial charge in [-0.1, -0.05) is 35.5 Å². The van der Waals surface area contributed by atoms with E-state index in [1.807, 2.05) is 18.2 Å². The fourth-order valence-corrected chi connectivity index (χ4v) is 4.38. The number of carbonyl (C=O) groups is 2. The maximum absolute atomic E-state index is 12.9. The molecule has 2 aromatic carbocycles. The third-order valence-corrected chi connectivity index (χ3v) is 5.91. The zero-order valence-electron chi connectivity index (χ0n) is 15.6. The summed E-state index contributed by atoms with van der Waals surface area (Å²) in [4.78, 5) is 31.2. The minimum atomic E-state index is -0.529. The van der Waals surface area contributed by atoms with Gasteiger partial charge in [-0.05, 0) is 35.9 Å². The van der Waals surface area contributed by atoms with Crippen LogP contribution < -0.4 is 14.8 Å². The van der Waals surface area contributed by atoms with Crippen molar-refractivity contribution in [2.75, 3.05) is 13.8 Å². The molecule has 2 aliphatic heterocycles. The number of thioether (sulfide) groups is 1. The number of halogens is 1. The molecule has 1 fully saturated rings. The molecule has 1 atom stereocenters. The largest absolute Gasteiger partial charge is 0.454 e. The minimum absolute atomic E-state index is 0.101. The molecule has 0 saturated carbocycles. The van der Waals surface area contributed by atoms with E-state index in [1.54, 1.807) is 36.2 Å². The molecule has 0 radical (unpaired) electrons. The van der Waals surface area contributed by atoms with E-state index >= 15 is 0 Å². The molecule has 9 heteroatoms. The summed E-state index contributed by atoms with van der Waals surface area (Å²) in [7, 11) is 1.56. The van der Waals surface area contributed by atoms with E-state index in [0.717, 1.165) is 5.56 Å². The SMILES string of the molecule is CNC(=O)C1CC(=O)N(Cc2ccc3c(c2)OCO3)C(=Nc2cccc(Cl)c2)S1. The summed E-state index contributed by atoms with van der Waals surface area (Å²) in [5, 5.41) is 3.07. The van der Waals surface area contributed by atoms with E-state index in [9.17, 15) is 9.59 Å². The molecule has 2 amide bonds. The van der Waals surface area contributed by atoms with Crippen molar-refractivity contribution in [3.63, 3.8) is 0 Å². The Labute approximate surface area is 177 Å². The van der Waals surface area contributed by atoms with Crippen molar-refractivity contribution >= 4 is 46.0 Å². The molecule has 4 rings (SSSR count). The second-order valence-corrected chi connectivity index (χ2v) is 8.07. The van der Waals surface area contributed by atoms with Crippen molar-refractivity contribution in [3.05, 3.63) is 53.1 Å². The van der Waals surface area contributed by atoms with Crippen LogP contribution in [0.1, 0.15) is 12.0 Å². The molecule has 0 aromatic heterocycles. The Bertz CT molecular complexity index is 997. The molecule has 0 bridgehead atoms. The molecule has 7 nitrogen and oxygen atoms in total. The van der Waals surface area contributed by atoms with E-state index in [1.165, 1.54) is 11.8 Å². The van der Waals surface area contributed by atoms with Crippen LogP contribution >= 0.6 is 23.4 Å². The zero-order valence-corrected chi connectivity index (χ0v) is 17.1. The van der Waals surface area contributed by atoms with Gasteiger partial charge in [0.2, 0.25) is 18.6 Å². The van der Waals surface area contributed by atoms with Crippen molar-refractivity contribution in [1.29, 1.82) is 0 Å². The number of fused-ring (bicyclic) bond motifs is 1. The van der Waals surface area contributed by atoms with Gasteiger partial charge >= 0.3 is 0 Å². The molecule has 2 heterocycles. The Balaban J connectivity index is 1.65. The highest BCUT2D eigenvalue weighted by molar-refractivity contribution is 8.15. The van der Waals surface area contributed by atoms with Crippen LogP contribution in [0.25, 0.3) is 0 Å². The number of carbonyl (C=O) groups excluding carboxylic acids is 2. The number of hydrogen-bond acceptors (Lipinski definition) is 6. The maximum Gasteiger partial charge on any atom is 0.233 e. The molecule has 150 valence electrons. The molecule has 0 spiro atoms. The van der Waals surface area contributed by atoms with Crippen molar-refractivity contribution in [2.24, 2.45) is 4.99 Å². The lowest BCUT2D eigenvalue weighted by Crippen LogP contribution is -2.45. The monoisotopic (exact) mass is 431 g/mol. The number of aliphatic imine (C=N–C) groups is 1. The van der Waals surface area contributed by atoms with Crippen LogP contribution in [0, 0.1) is 0 Å². The van der Waals surface area contributed by atoms with Crippen LogP contribution in [0.2, 0.25) is 5.02 Å². The fraction of sp³-hybridized carbons (Fsp3) is 0.250. The second kappa shape index (κ2) is 8.34. The van der Waals surface area contributed by atoms with Gasteiger partial charge in [0.1, 0.15) is 0 Å². The summed E-state index contributed by atoms with van der Waals surface area (Å²) in [6.07, 6.45) is 0.101. The van der Waals surface area contributed by atoms with Crippen molar-refractivity contribution in [1.82, 2.24) is 10.2 Å². The predicted octanol–water partition coefficient (Wildman–Crippen LogP) is 3.34. The molecular weight excluding hydrogens is 414 g/mol. The standard InChI is InChI=1S/C20H18ClN3O4S/c1-22-19(26)17-9-18(25)24(10-12-5-6-15-16(7-12)28-11-27-15)20(29-17)23-14-4-2-3-13(21)8-14/h2-8,17H,9-11H2,1H3,(H,22,26). The lowest BCUT2D eigenvalue weighted by Gasteiger charge is -2.31. The number of amides is 2. The van der Waals surface area contributed by atoms with E-state index in [4.69, 9.17) is 21.1 Å². The molecule has 1 N–H and O–H groups in total. The minimum Gasteiger partial charge on any atom is -0.454 e. The Kier molecular flexibility index (Phi) is 5.64. The third-order valence-electron chi connectivity index (χ3n) is 4.49. The van der Waals surface area contributed by atoms with Crippen LogP contribution in [-0.2, 0) is 16.1 Å². The average Bonchev–Trinajstić information content (AvgIpc) is 3.17. The molecule has 2 aliphatic rings. The Morgan fingerprint density at radius 3 is 2.90 bits per heavy atom. The Morgan fingerprint density at radius 2 is 2.10 bits per heavy atom. The molecule has 2 aromatic rings. The zero-order chi connectivity index (χ0) is 20.4. The molecule has 1 unspecified atom stereocenters. The molecular formula is C20H18ClN3O4S. The number of nitrogens with zero attached hydrogens (tertiary/aromatic N) is 2. The number of amidine groups is 1. The van der Waals surface area contributed by atoms with Crippen molar-refractivity contribution in [3.8, 4) is 11.5 Å². The Hall–Kier alpha value is -2.71. The van der Waals surface area contributed by atoms with Crippen LogP contribution in [-0.4, -0.2) is 41.0 Å². The van der Waals surface area contributed by atoms with Crippen LogP contribution in [0.15, 0.2) is 47.5 Å². The maximum atomic E-state index is 12.9. The number of ether oxygens (including phenoxy) is 2. The quantitative estimate of drug-likeness (QED) is 0.803. The van der Waals surface area contributed by atoms with E-state index < -0.39 is 5.25 Å². The summed E-state index contributed by atoms with van der Waals surface area (Å²) in [6.45, 7) is 0.495. The third kappa shape index (κ3) is 4.33. The molecule has 1 saturated heterocycles. The van der Waals surface area contributed by atoms with E-state index in [-0.39, 0.29) is 25.0 Å². The first-order chi connectivity index (χ1) is 14.0. The van der Waals surface area contributed by atoms with Gasteiger partial charge in [-0.2, -0.15) is 0 Å². The average molecular weight is 432 g/mol. The summed E-state index contributed by atoms with van der Waals surface area (Å²) >= 11 is 7.33. The Morgan fingerprint density at radius 1 is 1.28 bits per heavy atom. The topological polar surface area (TPSA) is 80.2 Å². The van der Waals surface area contributed by atoms with Gasteiger partial charge in [-0.25, -0.2) is 4.99 Å². The van der Waals surface area contributed by atoms with E-state index in [2.05, 4.69) is 10.3 Å². The normalized spacial score (nSPS) is 19.5. The van der Waals surface area contributed by atoms with Gasteiger partial charge in [0.15, 0.2) is 16.7 Å². The van der Waals surface area contributed by atoms with Crippen LogP contribution in [0.4, 0.5) is 5.69 Å². The molecule has 0 aliphatic carbocycles. The first-order valence-electron chi connectivity index (χ1n) is 8.95. The van der Waals surface area contributed by atoms with E-state index in [0.29, 0.717) is 33.9 Å². The highest BCUT2D eigenvalue weighted by atomic mass is 35.5. The van der Waals surface area contributed by atoms with Gasteiger partial charge < -0.3 is 14.8 Å². The van der Waals surface area contributed by atoms with Crippen molar-refractivity contribution in [2.45, 2.75) is 18.2 Å². The van der Waals surface area contributed by atoms with Gasteiger partial charge in [0.05, 0.1) is 17.5 Å². The van der Waals surface area contributed by atoms with Crippen LogP contribution in [0.5, 0.6) is 11.5 Å². The predicted molar refractivity (Wildman–Crippen MR) is 112 cm³/mol. The number of nitrogens with one attached hydrogen (secondary N) is 1. The van der Waals surface area contributed by atoms with Gasteiger partial charge in [-0.3, -0.25) is 14.5 Å². The number of hydrogen-bond donors (Lipinski definition) is 1. The van der Waals surface area contributed by atoms with Gasteiger partial charge in [0.25, 0.3) is 0 Å². The summed E-state index contributed by atoms with van der Waals surface area (Å²) in [5.41, 5.74) is 1.49. The van der Waals surface area contributed by atoms with Gasteiger partial charge in [0, 0.05) is 18.5 Å².